The van der Waals surface area contributed by atoms with Crippen LogP contribution in [-0.4, -0.2) is 66.5 Å². The average Bonchev–Trinajstić information content (AvgIpc) is 3.98. The summed E-state index contributed by atoms with van der Waals surface area (Å²) in [5, 5.41) is 21.9. The standard InChI is InChI=1S/C28H27N5O.C27H25N5O.CH4.BBr3/c1-34-23-13-14-25-24(18-23)31-27(21-12-11-19-7-5-6-8-20(19)17-21)33(25)26-15-16-29-28(32-26)30-22-9-3-2-4-10-22;33-22-12-13-24-23(17-22)30-26(20-11-10-18-6-4-5-7-19(18)16-20)32(24)25-14-15-28-27(31-25)29-21-8-2-1-3-9-21;;2-1(3)4/h5-8,11-18,22H,2-4,9-10H2,1H3,(H,29,30,32);4-7,10-17,21,33H,1-3,8-9H2,(H,28,29,31);1H4;. The zero-order chi connectivity index (χ0) is 48.7. The Labute approximate surface area is 445 Å². The fourth-order valence-electron chi connectivity index (χ4n) is 9.71. The first kappa shape index (κ1) is 50.6. The SMILES string of the molecule is BrB(Br)Br.C.COc1ccc2c(c1)nc(-c1ccc3ccccc3c1)n2-c1ccnc(NC2CCCCC2)n1.Oc1ccc2c(c1)nc(-c1ccc3ccccc3c1)n2-c1ccnc(NC2CCCCC2)n1. The number of halogens is 3. The molecule has 10 aromatic rings. The van der Waals surface area contributed by atoms with Crippen LogP contribution >= 0.6 is 47.3 Å². The molecule has 0 spiro atoms. The fraction of sp³-hybridized carbons (Fsp3) is 0.250. The summed E-state index contributed by atoms with van der Waals surface area (Å²) in [6.07, 6.45) is 15.9. The zero-order valence-corrected chi connectivity index (χ0v) is 44.0. The van der Waals surface area contributed by atoms with Crippen LogP contribution in [-0.2, 0) is 0 Å². The van der Waals surface area contributed by atoms with Crippen molar-refractivity contribution in [3.63, 3.8) is 0 Å². The number of hydrogen-bond acceptors (Lipinski definition) is 10. The van der Waals surface area contributed by atoms with Crippen molar-refractivity contribution in [1.82, 2.24) is 39.0 Å². The molecule has 0 aliphatic heterocycles. The number of nitrogens with one attached hydrogen (secondary N) is 2. The molecule has 3 N–H and O–H groups in total. The maximum Gasteiger partial charge on any atom is 0.369 e. The van der Waals surface area contributed by atoms with Gasteiger partial charge in [0, 0.05) is 47.7 Å². The zero-order valence-electron chi connectivity index (χ0n) is 39.2. The average molecular weight is 1150 g/mol. The highest BCUT2D eigenvalue weighted by atomic mass is 79.9. The van der Waals surface area contributed by atoms with E-state index in [-0.39, 0.29) is 16.4 Å². The van der Waals surface area contributed by atoms with E-state index in [0.717, 1.165) is 80.5 Å². The van der Waals surface area contributed by atoms with E-state index in [1.54, 1.807) is 25.4 Å². The molecular weight excluding hydrogens is 1100 g/mol. The second-order valence-corrected chi connectivity index (χ2v) is 24.3. The third kappa shape index (κ3) is 11.8. The van der Waals surface area contributed by atoms with Gasteiger partial charge in [0.15, 0.2) is 0 Å². The van der Waals surface area contributed by atoms with Crippen LogP contribution in [0.3, 0.4) is 0 Å². The number of benzene rings is 6. The van der Waals surface area contributed by atoms with E-state index in [9.17, 15) is 5.11 Å². The van der Waals surface area contributed by atoms with Crippen LogP contribution in [0.5, 0.6) is 11.5 Å². The van der Waals surface area contributed by atoms with E-state index in [1.807, 2.05) is 59.3 Å². The van der Waals surface area contributed by atoms with Gasteiger partial charge < -0.3 is 20.5 Å². The monoisotopic (exact) mass is 1150 g/mol. The van der Waals surface area contributed by atoms with E-state index in [4.69, 9.17) is 24.7 Å². The summed E-state index contributed by atoms with van der Waals surface area (Å²) in [7, 11) is 1.68. The molecule has 72 heavy (non-hydrogen) atoms. The summed E-state index contributed by atoms with van der Waals surface area (Å²) < 4.78 is 9.90. The third-order valence-electron chi connectivity index (χ3n) is 13.1. The summed E-state index contributed by atoms with van der Waals surface area (Å²) in [5.74, 6) is 5.46. The Balaban J connectivity index is 0.000000164. The predicted molar refractivity (Wildman–Crippen MR) is 308 cm³/mol. The largest absolute Gasteiger partial charge is 0.508 e. The number of aromatic hydroxyl groups is 1. The number of fused-ring (bicyclic) bond motifs is 4. The van der Waals surface area contributed by atoms with Gasteiger partial charge in [-0.15, -0.1) is 47.3 Å². The Kier molecular flexibility index (Phi) is 16.5. The normalized spacial score (nSPS) is 13.9. The van der Waals surface area contributed by atoms with Crippen molar-refractivity contribution < 1.29 is 9.84 Å². The third-order valence-corrected chi connectivity index (χ3v) is 13.1. The second kappa shape index (κ2) is 23.5. The molecule has 2 saturated carbocycles. The Morgan fingerprint density at radius 2 is 0.972 bits per heavy atom. The maximum absolute atomic E-state index is 10.1. The van der Waals surface area contributed by atoms with Crippen molar-refractivity contribution in [1.29, 1.82) is 0 Å². The molecule has 4 heterocycles. The Morgan fingerprint density at radius 3 is 1.44 bits per heavy atom. The first-order chi connectivity index (χ1) is 34.8. The first-order valence-electron chi connectivity index (χ1n) is 24.1. The van der Waals surface area contributed by atoms with Gasteiger partial charge in [-0.05, 0) is 95.8 Å². The summed E-state index contributed by atoms with van der Waals surface area (Å²) in [6.45, 7) is 0. The minimum absolute atomic E-state index is 0. The lowest BCUT2D eigenvalue weighted by atomic mass is 9.96. The van der Waals surface area contributed by atoms with E-state index in [1.165, 1.54) is 67.5 Å². The van der Waals surface area contributed by atoms with Crippen LogP contribution < -0.4 is 15.4 Å². The first-order valence-corrected chi connectivity index (χ1v) is 26.9. The number of ether oxygens (including phenoxy) is 1. The fourth-order valence-corrected chi connectivity index (χ4v) is 9.71. The highest BCUT2D eigenvalue weighted by Gasteiger charge is 2.21. The topological polar surface area (TPSA) is 141 Å². The van der Waals surface area contributed by atoms with E-state index in [0.29, 0.717) is 24.0 Å². The molecule has 2 aliphatic carbocycles. The van der Waals surface area contributed by atoms with Crippen molar-refractivity contribution in [2.75, 3.05) is 17.7 Å². The molecule has 0 radical (unpaired) electrons. The van der Waals surface area contributed by atoms with Gasteiger partial charge in [-0.3, -0.25) is 9.13 Å². The molecule has 4 aromatic heterocycles. The molecule has 0 atom stereocenters. The van der Waals surface area contributed by atoms with Gasteiger partial charge in [0.1, 0.15) is 34.8 Å². The minimum Gasteiger partial charge on any atom is -0.508 e. The number of rotatable bonds is 9. The molecule has 12 rings (SSSR count). The number of nitrogens with zero attached hydrogens (tertiary/aromatic N) is 8. The van der Waals surface area contributed by atoms with Crippen molar-refractivity contribution in [3.8, 4) is 45.9 Å². The van der Waals surface area contributed by atoms with Crippen molar-refractivity contribution in [2.24, 2.45) is 0 Å². The second-order valence-electron chi connectivity index (χ2n) is 17.9. The van der Waals surface area contributed by atoms with E-state index >= 15 is 0 Å². The number of methoxy groups -OCH3 is 1. The van der Waals surface area contributed by atoms with Crippen LogP contribution in [0.4, 0.5) is 11.9 Å². The van der Waals surface area contributed by atoms with Crippen molar-refractivity contribution >= 4 is 106 Å². The highest BCUT2D eigenvalue weighted by Crippen LogP contribution is 2.34. The van der Waals surface area contributed by atoms with Crippen LogP contribution in [0, 0.1) is 0 Å². The molecule has 2 fully saturated rings. The van der Waals surface area contributed by atoms with Crippen molar-refractivity contribution in [2.45, 2.75) is 83.7 Å². The molecule has 6 aromatic carbocycles. The lowest BCUT2D eigenvalue weighted by Gasteiger charge is -2.22. The maximum atomic E-state index is 10.1. The molecule has 2 aliphatic rings. The van der Waals surface area contributed by atoms with Crippen LogP contribution in [0.2, 0.25) is 0 Å². The molecule has 0 saturated heterocycles. The molecule has 366 valence electrons. The van der Waals surface area contributed by atoms with E-state index in [2.05, 4.69) is 145 Å². The quantitative estimate of drug-likeness (QED) is 0.120. The summed E-state index contributed by atoms with van der Waals surface area (Å²) in [6, 6.07) is 45.4. The lowest BCUT2D eigenvalue weighted by Crippen LogP contribution is -2.23. The van der Waals surface area contributed by atoms with Crippen LogP contribution in [0.1, 0.15) is 71.6 Å². The molecule has 0 bridgehead atoms. The number of anilines is 2. The van der Waals surface area contributed by atoms with Gasteiger partial charge in [0.2, 0.25) is 11.9 Å². The highest BCUT2D eigenvalue weighted by molar-refractivity contribution is 9.69. The molecule has 0 amide bonds. The van der Waals surface area contributed by atoms with Gasteiger partial charge in [0.05, 0.1) is 29.2 Å². The summed E-state index contributed by atoms with van der Waals surface area (Å²) in [5.41, 5.74) is 5.48. The van der Waals surface area contributed by atoms with Crippen LogP contribution in [0.15, 0.2) is 146 Å². The Morgan fingerprint density at radius 1 is 0.528 bits per heavy atom. The molecule has 12 nitrogen and oxygen atoms in total. The molecule has 0 unspecified atom stereocenters. The van der Waals surface area contributed by atoms with Gasteiger partial charge >= 0.3 is 3.18 Å². The summed E-state index contributed by atoms with van der Waals surface area (Å²) >= 11 is 9.31. The number of hydrogen-bond donors (Lipinski definition) is 3. The number of aromatic nitrogens is 8. The number of phenols is 1. The lowest BCUT2D eigenvalue weighted by molar-refractivity contribution is 0.415. The van der Waals surface area contributed by atoms with Gasteiger partial charge in [0.25, 0.3) is 0 Å². The summed E-state index contributed by atoms with van der Waals surface area (Å²) in [4.78, 5) is 28.7. The molecular formula is C56H56BBr3N10O2. The minimum atomic E-state index is 0. The Bertz CT molecular complexity index is 3440. The smallest absolute Gasteiger partial charge is 0.369 e. The van der Waals surface area contributed by atoms with Crippen molar-refractivity contribution in [3.05, 3.63) is 146 Å². The van der Waals surface area contributed by atoms with E-state index < -0.39 is 0 Å². The number of imidazole rings is 2. The van der Waals surface area contributed by atoms with Gasteiger partial charge in [-0.1, -0.05) is 119 Å². The van der Waals surface area contributed by atoms with Gasteiger partial charge in [-0.2, -0.15) is 9.97 Å². The Hall–Kier alpha value is -6.36. The predicted octanol–water partition coefficient (Wildman–Crippen LogP) is 15.3. The number of phenolic OH excluding ortho intramolecular Hbond substituents is 1. The van der Waals surface area contributed by atoms with Gasteiger partial charge in [-0.25, -0.2) is 19.9 Å². The van der Waals surface area contributed by atoms with Crippen LogP contribution in [0.25, 0.3) is 78.0 Å². The molecule has 16 heteroatoms.